The lowest BCUT2D eigenvalue weighted by molar-refractivity contribution is 0.0694. The first-order chi connectivity index (χ1) is 9.47. The fourth-order valence-corrected chi connectivity index (χ4v) is 1.86. The lowest BCUT2D eigenvalue weighted by Gasteiger charge is -2.07. The van der Waals surface area contributed by atoms with Crippen LogP contribution in [-0.4, -0.2) is 21.0 Å². The highest BCUT2D eigenvalue weighted by Gasteiger charge is 2.10. The third-order valence-corrected chi connectivity index (χ3v) is 2.87. The van der Waals surface area contributed by atoms with Gasteiger partial charge in [-0.1, -0.05) is 23.2 Å². The van der Waals surface area contributed by atoms with E-state index >= 15 is 0 Å². The lowest BCUT2D eigenvalue weighted by Crippen LogP contribution is -2.20. The van der Waals surface area contributed by atoms with Crippen molar-refractivity contribution in [3.8, 4) is 5.75 Å². The van der Waals surface area contributed by atoms with Crippen molar-refractivity contribution >= 4 is 29.2 Å². The van der Waals surface area contributed by atoms with Crippen LogP contribution in [0, 0.1) is 0 Å². The van der Waals surface area contributed by atoms with Crippen molar-refractivity contribution in [3.63, 3.8) is 0 Å². The quantitative estimate of drug-likeness (QED) is 0.903. The summed E-state index contributed by atoms with van der Waals surface area (Å²) in [5.41, 5.74) is -1.17. The Labute approximate surface area is 122 Å². The Bertz CT molecular complexity index is 715. The highest BCUT2D eigenvalue weighted by molar-refractivity contribution is 6.35. The van der Waals surface area contributed by atoms with E-state index in [2.05, 4.69) is 9.97 Å². The molecule has 0 aliphatic heterocycles. The third kappa shape index (κ3) is 3.28. The number of ether oxygens (including phenoxy) is 1. The van der Waals surface area contributed by atoms with Crippen LogP contribution in [0.4, 0.5) is 0 Å². The number of nitrogens with zero attached hydrogens (tertiary/aromatic N) is 1. The van der Waals surface area contributed by atoms with Crippen molar-refractivity contribution in [1.29, 1.82) is 0 Å². The summed E-state index contributed by atoms with van der Waals surface area (Å²) in [7, 11) is 0. The predicted octanol–water partition coefficient (Wildman–Crippen LogP) is 2.35. The molecule has 0 spiro atoms. The fraction of sp³-hybridized carbons (Fsp3) is 0.0833. The van der Waals surface area contributed by atoms with Crippen LogP contribution in [0.3, 0.4) is 0 Å². The van der Waals surface area contributed by atoms with Crippen molar-refractivity contribution in [2.75, 3.05) is 0 Å². The molecule has 8 heteroatoms. The molecule has 0 bridgehead atoms. The number of aromatic carboxylic acids is 1. The summed E-state index contributed by atoms with van der Waals surface area (Å²) in [6.07, 6.45) is 0.976. The summed E-state index contributed by atoms with van der Waals surface area (Å²) in [6.45, 7) is -0.0590. The predicted molar refractivity (Wildman–Crippen MR) is 72.6 cm³/mol. The zero-order valence-electron chi connectivity index (χ0n) is 9.89. The maximum Gasteiger partial charge on any atom is 0.342 e. The number of nitrogens with one attached hydrogen (secondary N) is 1. The van der Waals surface area contributed by atoms with Gasteiger partial charge in [-0.05, 0) is 18.2 Å². The normalized spacial score (nSPS) is 10.3. The SMILES string of the molecule is O=C(O)c1cnc(COc2ccc(Cl)cc2Cl)[nH]c1=O. The molecule has 0 saturated carbocycles. The molecule has 0 fully saturated rings. The topological polar surface area (TPSA) is 92.3 Å². The first-order valence-electron chi connectivity index (χ1n) is 5.36. The molecule has 2 N–H and O–H groups in total. The number of carbonyl (C=O) groups is 1. The average Bonchev–Trinajstić information content (AvgIpc) is 2.37. The molecular formula is C12H8Cl2N2O4. The van der Waals surface area contributed by atoms with Crippen molar-refractivity contribution in [2.24, 2.45) is 0 Å². The second-order valence-electron chi connectivity index (χ2n) is 3.74. The van der Waals surface area contributed by atoms with E-state index in [0.29, 0.717) is 15.8 Å². The smallest absolute Gasteiger partial charge is 0.342 e. The van der Waals surface area contributed by atoms with Gasteiger partial charge < -0.3 is 14.8 Å². The van der Waals surface area contributed by atoms with Gasteiger partial charge in [-0.2, -0.15) is 0 Å². The number of H-pyrrole nitrogens is 1. The van der Waals surface area contributed by atoms with Gasteiger partial charge in [-0.15, -0.1) is 0 Å². The number of rotatable bonds is 4. The first-order valence-corrected chi connectivity index (χ1v) is 6.12. The number of aromatic nitrogens is 2. The van der Waals surface area contributed by atoms with Crippen LogP contribution in [0.15, 0.2) is 29.2 Å². The van der Waals surface area contributed by atoms with Gasteiger partial charge in [-0.25, -0.2) is 9.78 Å². The molecule has 104 valence electrons. The Morgan fingerprint density at radius 2 is 2.15 bits per heavy atom. The fourth-order valence-electron chi connectivity index (χ4n) is 1.40. The Kier molecular flexibility index (Phi) is 4.26. The Hall–Kier alpha value is -2.05. The van der Waals surface area contributed by atoms with Crippen LogP contribution in [0.25, 0.3) is 0 Å². The summed E-state index contributed by atoms with van der Waals surface area (Å²) in [5.74, 6) is -0.779. The summed E-state index contributed by atoms with van der Waals surface area (Å²) in [5, 5.41) is 9.50. The van der Waals surface area contributed by atoms with Gasteiger partial charge in [0.05, 0.1) is 5.02 Å². The van der Waals surface area contributed by atoms with Gasteiger partial charge >= 0.3 is 5.97 Å². The van der Waals surface area contributed by atoms with Crippen LogP contribution < -0.4 is 10.3 Å². The molecule has 0 aliphatic carbocycles. The Balaban J connectivity index is 2.13. The van der Waals surface area contributed by atoms with Crippen molar-refractivity contribution in [2.45, 2.75) is 6.61 Å². The second-order valence-corrected chi connectivity index (χ2v) is 4.58. The van der Waals surface area contributed by atoms with Crippen molar-refractivity contribution in [1.82, 2.24) is 9.97 Å². The highest BCUT2D eigenvalue weighted by atomic mass is 35.5. The summed E-state index contributed by atoms with van der Waals surface area (Å²) >= 11 is 11.7. The van der Waals surface area contributed by atoms with Gasteiger partial charge in [-0.3, -0.25) is 4.79 Å². The van der Waals surface area contributed by atoms with E-state index in [-0.39, 0.29) is 12.4 Å². The number of carboxylic acids is 1. The lowest BCUT2D eigenvalue weighted by atomic mass is 10.3. The van der Waals surface area contributed by atoms with E-state index in [0.717, 1.165) is 6.20 Å². The zero-order chi connectivity index (χ0) is 14.7. The molecule has 1 aromatic heterocycles. The molecule has 0 atom stereocenters. The van der Waals surface area contributed by atoms with Crippen LogP contribution in [0.1, 0.15) is 16.2 Å². The van der Waals surface area contributed by atoms with E-state index in [1.807, 2.05) is 0 Å². The molecule has 0 radical (unpaired) electrons. The van der Waals surface area contributed by atoms with E-state index in [9.17, 15) is 9.59 Å². The van der Waals surface area contributed by atoms with Crippen LogP contribution in [0.2, 0.25) is 10.0 Å². The molecule has 20 heavy (non-hydrogen) atoms. The van der Waals surface area contributed by atoms with Crippen molar-refractivity contribution < 1.29 is 14.6 Å². The molecule has 0 aliphatic rings. The number of benzene rings is 1. The maximum absolute atomic E-state index is 11.4. The third-order valence-electron chi connectivity index (χ3n) is 2.34. The number of halogens is 2. The van der Waals surface area contributed by atoms with Gasteiger partial charge in [0.15, 0.2) is 0 Å². The average molecular weight is 315 g/mol. The van der Waals surface area contributed by atoms with E-state index in [1.165, 1.54) is 6.07 Å². The standard InChI is InChI=1S/C12H8Cl2N2O4/c13-6-1-2-9(8(14)3-6)20-5-10-15-4-7(12(18)19)11(17)16-10/h1-4H,5H2,(H,18,19)(H,15,16,17). The second kappa shape index (κ2) is 5.94. The van der Waals surface area contributed by atoms with Crippen LogP contribution >= 0.6 is 23.2 Å². The highest BCUT2D eigenvalue weighted by Crippen LogP contribution is 2.27. The van der Waals surface area contributed by atoms with E-state index < -0.39 is 17.1 Å². The van der Waals surface area contributed by atoms with Crippen molar-refractivity contribution in [3.05, 3.63) is 56.2 Å². The molecule has 1 heterocycles. The monoisotopic (exact) mass is 314 g/mol. The zero-order valence-corrected chi connectivity index (χ0v) is 11.4. The van der Waals surface area contributed by atoms with E-state index in [1.54, 1.807) is 12.1 Å². The van der Waals surface area contributed by atoms with Gasteiger partial charge in [0.2, 0.25) is 0 Å². The molecule has 1 aromatic carbocycles. The minimum absolute atomic E-state index is 0.0590. The molecular weight excluding hydrogens is 307 g/mol. The largest absolute Gasteiger partial charge is 0.484 e. The van der Waals surface area contributed by atoms with Crippen LogP contribution in [0.5, 0.6) is 5.75 Å². The summed E-state index contributed by atoms with van der Waals surface area (Å²) in [6, 6.07) is 4.70. The Morgan fingerprint density at radius 3 is 2.75 bits per heavy atom. The van der Waals surface area contributed by atoms with Gasteiger partial charge in [0, 0.05) is 11.2 Å². The van der Waals surface area contributed by atoms with Gasteiger partial charge in [0.25, 0.3) is 5.56 Å². The number of hydrogen-bond donors (Lipinski definition) is 2. The minimum Gasteiger partial charge on any atom is -0.484 e. The first kappa shape index (κ1) is 14.4. The Morgan fingerprint density at radius 1 is 1.40 bits per heavy atom. The summed E-state index contributed by atoms with van der Waals surface area (Å²) < 4.78 is 5.36. The molecule has 0 saturated heterocycles. The van der Waals surface area contributed by atoms with E-state index in [4.69, 9.17) is 33.0 Å². The molecule has 6 nitrogen and oxygen atoms in total. The number of aromatic amines is 1. The molecule has 2 rings (SSSR count). The molecule has 0 amide bonds. The molecule has 0 unspecified atom stereocenters. The summed E-state index contributed by atoms with van der Waals surface area (Å²) in [4.78, 5) is 28.2. The van der Waals surface area contributed by atoms with Crippen LogP contribution in [-0.2, 0) is 6.61 Å². The minimum atomic E-state index is -1.34. The number of hydrogen-bond acceptors (Lipinski definition) is 4. The number of carboxylic acid groups (broad SMARTS) is 1. The maximum atomic E-state index is 11.4. The molecule has 2 aromatic rings. The van der Waals surface area contributed by atoms with Gasteiger partial charge in [0.1, 0.15) is 23.7 Å².